The van der Waals surface area contributed by atoms with Crippen molar-refractivity contribution in [2.45, 2.75) is 32.4 Å². The van der Waals surface area contributed by atoms with Crippen LogP contribution in [0.1, 0.15) is 25.3 Å². The van der Waals surface area contributed by atoms with Gasteiger partial charge in [0.25, 0.3) is 0 Å². The Balaban J connectivity index is 1.91. The number of carbonyl (C=O) groups is 1. The molecule has 0 unspecified atom stereocenters. The van der Waals surface area contributed by atoms with Gasteiger partial charge in [-0.05, 0) is 44.6 Å². The van der Waals surface area contributed by atoms with E-state index in [1.165, 1.54) is 0 Å². The zero-order valence-corrected chi connectivity index (χ0v) is 14.3. The maximum Gasteiger partial charge on any atom is 0.317 e. The van der Waals surface area contributed by atoms with Gasteiger partial charge in [0.05, 0.1) is 6.54 Å². The van der Waals surface area contributed by atoms with Gasteiger partial charge in [-0.2, -0.15) is 0 Å². The highest BCUT2D eigenvalue weighted by molar-refractivity contribution is 6.35. The quantitative estimate of drug-likeness (QED) is 0.859. The number of hydrogen-bond acceptors (Lipinski definition) is 3. The fourth-order valence-electron chi connectivity index (χ4n) is 3.02. The van der Waals surface area contributed by atoms with E-state index in [2.05, 4.69) is 4.90 Å². The minimum atomic E-state index is -0.757. The summed E-state index contributed by atoms with van der Waals surface area (Å²) in [5.74, 6) is -0.757. The number of halogens is 2. The van der Waals surface area contributed by atoms with Gasteiger partial charge in [0.1, 0.15) is 0 Å². The zero-order valence-electron chi connectivity index (χ0n) is 12.8. The fourth-order valence-corrected chi connectivity index (χ4v) is 3.54. The second kappa shape index (κ2) is 8.16. The first-order chi connectivity index (χ1) is 10.5. The van der Waals surface area contributed by atoms with Crippen molar-refractivity contribution in [1.82, 2.24) is 9.80 Å². The summed E-state index contributed by atoms with van der Waals surface area (Å²) in [6, 6.07) is 5.92. The van der Waals surface area contributed by atoms with Crippen LogP contribution in [-0.2, 0) is 11.3 Å². The molecule has 0 bridgehead atoms. The van der Waals surface area contributed by atoms with E-state index in [-0.39, 0.29) is 6.54 Å². The Morgan fingerprint density at radius 3 is 2.41 bits per heavy atom. The van der Waals surface area contributed by atoms with E-state index < -0.39 is 5.97 Å². The van der Waals surface area contributed by atoms with Crippen molar-refractivity contribution < 1.29 is 9.90 Å². The van der Waals surface area contributed by atoms with Crippen molar-refractivity contribution in [3.05, 3.63) is 33.8 Å². The first kappa shape index (κ1) is 17.5. The van der Waals surface area contributed by atoms with Gasteiger partial charge in [0.15, 0.2) is 0 Å². The predicted molar refractivity (Wildman–Crippen MR) is 89.6 cm³/mol. The van der Waals surface area contributed by atoms with Crippen molar-refractivity contribution in [1.29, 1.82) is 0 Å². The molecule has 0 atom stereocenters. The van der Waals surface area contributed by atoms with Crippen LogP contribution in [0.2, 0.25) is 10.0 Å². The Labute approximate surface area is 141 Å². The molecule has 0 aliphatic carbocycles. The number of likely N-dealkylation sites (tertiary alicyclic amines) is 1. The molecular formula is C16H22Cl2N2O2. The molecule has 1 aliphatic heterocycles. The van der Waals surface area contributed by atoms with E-state index in [1.807, 2.05) is 30.0 Å². The maximum absolute atomic E-state index is 10.9. The third kappa shape index (κ3) is 4.59. The van der Waals surface area contributed by atoms with Crippen molar-refractivity contribution in [3.63, 3.8) is 0 Å². The molecule has 0 spiro atoms. The standard InChI is InChI=1S/C16H22Cl2N2O2/c1-2-20(11-16(21)22)12-6-8-19(9-7-12)10-13-14(17)4-3-5-15(13)18/h3-5,12H,2,6-11H2,1H3,(H,21,22). The van der Waals surface area contributed by atoms with Gasteiger partial charge in [-0.15, -0.1) is 0 Å². The Bertz CT molecular complexity index is 497. The largest absolute Gasteiger partial charge is 0.480 e. The molecular weight excluding hydrogens is 323 g/mol. The molecule has 1 saturated heterocycles. The molecule has 0 aromatic heterocycles. The lowest BCUT2D eigenvalue weighted by Crippen LogP contribution is -2.46. The molecule has 0 radical (unpaired) electrons. The minimum Gasteiger partial charge on any atom is -0.480 e. The summed E-state index contributed by atoms with van der Waals surface area (Å²) < 4.78 is 0. The van der Waals surface area contributed by atoms with E-state index in [1.54, 1.807) is 0 Å². The average Bonchev–Trinajstić information content (AvgIpc) is 2.49. The van der Waals surface area contributed by atoms with Crippen molar-refractivity contribution in [2.75, 3.05) is 26.2 Å². The number of nitrogens with zero attached hydrogens (tertiary/aromatic N) is 2. The zero-order chi connectivity index (χ0) is 16.1. The highest BCUT2D eigenvalue weighted by Gasteiger charge is 2.25. The molecule has 1 heterocycles. The Morgan fingerprint density at radius 2 is 1.91 bits per heavy atom. The topological polar surface area (TPSA) is 43.8 Å². The summed E-state index contributed by atoms with van der Waals surface area (Å²) in [6.45, 7) is 5.52. The third-order valence-corrected chi connectivity index (χ3v) is 4.97. The number of benzene rings is 1. The average molecular weight is 345 g/mol. The van der Waals surface area contributed by atoms with Gasteiger partial charge >= 0.3 is 5.97 Å². The molecule has 2 rings (SSSR count). The van der Waals surface area contributed by atoms with E-state index in [4.69, 9.17) is 28.3 Å². The van der Waals surface area contributed by atoms with Gasteiger partial charge in [0, 0.05) is 28.2 Å². The molecule has 1 aromatic carbocycles. The number of carboxylic acids is 1. The van der Waals surface area contributed by atoms with Crippen LogP contribution < -0.4 is 0 Å². The van der Waals surface area contributed by atoms with Crippen LogP contribution in [0.3, 0.4) is 0 Å². The molecule has 0 saturated carbocycles. The molecule has 6 heteroatoms. The van der Waals surface area contributed by atoms with Crippen LogP contribution in [0.25, 0.3) is 0 Å². The summed E-state index contributed by atoms with van der Waals surface area (Å²) in [5, 5.41) is 10.4. The van der Waals surface area contributed by atoms with Gasteiger partial charge in [0.2, 0.25) is 0 Å². The van der Waals surface area contributed by atoms with Gasteiger partial charge in [-0.3, -0.25) is 14.6 Å². The Hall–Kier alpha value is -0.810. The van der Waals surface area contributed by atoms with E-state index in [9.17, 15) is 4.79 Å². The molecule has 4 nitrogen and oxygen atoms in total. The molecule has 1 N–H and O–H groups in total. The smallest absolute Gasteiger partial charge is 0.317 e. The van der Waals surface area contributed by atoms with Gasteiger partial charge in [-0.1, -0.05) is 36.2 Å². The number of aliphatic carboxylic acids is 1. The number of hydrogen-bond donors (Lipinski definition) is 1. The Morgan fingerprint density at radius 1 is 1.32 bits per heavy atom. The van der Waals surface area contributed by atoms with Crippen LogP contribution >= 0.6 is 23.2 Å². The maximum atomic E-state index is 10.9. The lowest BCUT2D eigenvalue weighted by atomic mass is 10.0. The number of piperidine rings is 1. The lowest BCUT2D eigenvalue weighted by molar-refractivity contribution is -0.139. The second-order valence-electron chi connectivity index (χ2n) is 5.66. The normalized spacial score (nSPS) is 17.1. The Kier molecular flexibility index (Phi) is 6.50. The molecule has 1 aliphatic rings. The van der Waals surface area contributed by atoms with Crippen LogP contribution in [0.4, 0.5) is 0 Å². The summed E-state index contributed by atoms with van der Waals surface area (Å²) in [7, 11) is 0. The SMILES string of the molecule is CCN(CC(=O)O)C1CCN(Cc2c(Cl)cccc2Cl)CC1. The molecule has 1 aromatic rings. The van der Waals surface area contributed by atoms with Crippen molar-refractivity contribution in [2.24, 2.45) is 0 Å². The highest BCUT2D eigenvalue weighted by Crippen LogP contribution is 2.27. The van der Waals surface area contributed by atoms with Crippen LogP contribution in [0.5, 0.6) is 0 Å². The number of carboxylic acid groups (broad SMARTS) is 1. The lowest BCUT2D eigenvalue weighted by Gasteiger charge is -2.37. The van der Waals surface area contributed by atoms with Crippen LogP contribution in [0.15, 0.2) is 18.2 Å². The first-order valence-electron chi connectivity index (χ1n) is 7.62. The highest BCUT2D eigenvalue weighted by atomic mass is 35.5. The van der Waals surface area contributed by atoms with Crippen LogP contribution in [0, 0.1) is 0 Å². The number of likely N-dealkylation sites (N-methyl/N-ethyl adjacent to an activating group) is 1. The fraction of sp³-hybridized carbons (Fsp3) is 0.562. The van der Waals surface area contributed by atoms with Crippen molar-refractivity contribution in [3.8, 4) is 0 Å². The third-order valence-electron chi connectivity index (χ3n) is 4.26. The second-order valence-corrected chi connectivity index (χ2v) is 6.48. The van der Waals surface area contributed by atoms with E-state index in [0.29, 0.717) is 16.1 Å². The summed E-state index contributed by atoms with van der Waals surface area (Å²) >= 11 is 12.4. The van der Waals surface area contributed by atoms with Crippen molar-refractivity contribution >= 4 is 29.2 Å². The first-order valence-corrected chi connectivity index (χ1v) is 8.38. The summed E-state index contributed by atoms with van der Waals surface area (Å²) in [6.07, 6.45) is 1.95. The predicted octanol–water partition coefficient (Wildman–Crippen LogP) is 3.36. The van der Waals surface area contributed by atoms with E-state index >= 15 is 0 Å². The molecule has 22 heavy (non-hydrogen) atoms. The minimum absolute atomic E-state index is 0.123. The van der Waals surface area contributed by atoms with E-state index in [0.717, 1.165) is 44.6 Å². The summed E-state index contributed by atoms with van der Waals surface area (Å²) in [5.41, 5.74) is 0.974. The molecule has 0 amide bonds. The van der Waals surface area contributed by atoms with Gasteiger partial charge < -0.3 is 5.11 Å². The molecule has 1 fully saturated rings. The summed E-state index contributed by atoms with van der Waals surface area (Å²) in [4.78, 5) is 15.3. The van der Waals surface area contributed by atoms with Crippen LogP contribution in [-0.4, -0.2) is 53.1 Å². The monoisotopic (exact) mass is 344 g/mol. The molecule has 122 valence electrons. The number of rotatable bonds is 6. The van der Waals surface area contributed by atoms with Gasteiger partial charge in [-0.25, -0.2) is 0 Å².